The Morgan fingerprint density at radius 1 is 1.21 bits per heavy atom. The molecule has 2 N–H and O–H groups in total. The van der Waals surface area contributed by atoms with Gasteiger partial charge in [-0.25, -0.2) is 4.79 Å². The molecule has 19 heavy (non-hydrogen) atoms. The Kier molecular flexibility index (Phi) is 4.24. The SMILES string of the molecule is O=C(O)c1ccc(CC2(O)C#CCCCCC2)cc1. The highest BCUT2D eigenvalue weighted by molar-refractivity contribution is 5.87. The van der Waals surface area contributed by atoms with E-state index < -0.39 is 11.6 Å². The molecule has 0 saturated heterocycles. The van der Waals surface area contributed by atoms with Gasteiger partial charge in [0.05, 0.1) is 5.56 Å². The Balaban J connectivity index is 2.12. The van der Waals surface area contributed by atoms with Crippen molar-refractivity contribution >= 4 is 5.97 Å². The summed E-state index contributed by atoms with van der Waals surface area (Å²) in [5, 5.41) is 19.4. The van der Waals surface area contributed by atoms with E-state index in [0.717, 1.165) is 31.2 Å². The second-order valence-corrected chi connectivity index (χ2v) is 5.07. The molecule has 1 aromatic carbocycles. The highest BCUT2D eigenvalue weighted by Gasteiger charge is 2.25. The maximum absolute atomic E-state index is 10.8. The van der Waals surface area contributed by atoms with Crippen LogP contribution in [0, 0.1) is 11.8 Å². The van der Waals surface area contributed by atoms with Gasteiger partial charge in [-0.05, 0) is 37.0 Å². The van der Waals surface area contributed by atoms with Crippen LogP contribution in [0.2, 0.25) is 0 Å². The van der Waals surface area contributed by atoms with Gasteiger partial charge in [0.25, 0.3) is 0 Å². The van der Waals surface area contributed by atoms with Crippen LogP contribution < -0.4 is 0 Å². The summed E-state index contributed by atoms with van der Waals surface area (Å²) in [6.45, 7) is 0. The van der Waals surface area contributed by atoms with Crippen LogP contribution in [0.3, 0.4) is 0 Å². The predicted octanol–water partition coefficient (Wildman–Crippen LogP) is 2.63. The second-order valence-electron chi connectivity index (χ2n) is 5.07. The van der Waals surface area contributed by atoms with E-state index in [2.05, 4.69) is 11.8 Å². The largest absolute Gasteiger partial charge is 0.478 e. The highest BCUT2D eigenvalue weighted by Crippen LogP contribution is 2.22. The molecule has 3 nitrogen and oxygen atoms in total. The van der Waals surface area contributed by atoms with Crippen LogP contribution in [0.4, 0.5) is 0 Å². The van der Waals surface area contributed by atoms with Gasteiger partial charge in [-0.1, -0.05) is 24.5 Å². The molecule has 1 unspecified atom stereocenters. The maximum Gasteiger partial charge on any atom is 0.335 e. The molecule has 0 saturated carbocycles. The first-order valence-electron chi connectivity index (χ1n) is 6.64. The van der Waals surface area contributed by atoms with Crippen molar-refractivity contribution in [2.45, 2.75) is 44.1 Å². The average molecular weight is 258 g/mol. The van der Waals surface area contributed by atoms with Crippen molar-refractivity contribution in [2.24, 2.45) is 0 Å². The number of benzene rings is 1. The van der Waals surface area contributed by atoms with Crippen molar-refractivity contribution in [2.75, 3.05) is 0 Å². The van der Waals surface area contributed by atoms with E-state index in [1.54, 1.807) is 24.3 Å². The third-order valence-electron chi connectivity index (χ3n) is 3.41. The number of aliphatic hydroxyl groups is 1. The minimum Gasteiger partial charge on any atom is -0.478 e. The first kappa shape index (κ1) is 13.6. The molecule has 0 bridgehead atoms. The molecule has 0 amide bonds. The van der Waals surface area contributed by atoms with Crippen LogP contribution in [0.25, 0.3) is 0 Å². The van der Waals surface area contributed by atoms with Gasteiger partial charge in [-0.15, -0.1) is 5.92 Å². The van der Waals surface area contributed by atoms with Crippen molar-refractivity contribution in [1.82, 2.24) is 0 Å². The fourth-order valence-electron chi connectivity index (χ4n) is 2.33. The molecule has 0 radical (unpaired) electrons. The Bertz CT molecular complexity index is 507. The van der Waals surface area contributed by atoms with E-state index in [0.29, 0.717) is 12.8 Å². The van der Waals surface area contributed by atoms with Crippen LogP contribution >= 0.6 is 0 Å². The van der Waals surface area contributed by atoms with E-state index >= 15 is 0 Å². The zero-order chi connectivity index (χ0) is 13.7. The molecule has 100 valence electrons. The van der Waals surface area contributed by atoms with Crippen LogP contribution in [0.1, 0.15) is 48.0 Å². The van der Waals surface area contributed by atoms with Gasteiger partial charge in [0, 0.05) is 12.8 Å². The predicted molar refractivity (Wildman–Crippen MR) is 72.9 cm³/mol. The lowest BCUT2D eigenvalue weighted by Crippen LogP contribution is -2.30. The van der Waals surface area contributed by atoms with Crippen molar-refractivity contribution in [3.63, 3.8) is 0 Å². The van der Waals surface area contributed by atoms with E-state index in [1.807, 2.05) is 0 Å². The number of rotatable bonds is 3. The Labute approximate surface area is 113 Å². The molecule has 3 heteroatoms. The Morgan fingerprint density at radius 3 is 2.63 bits per heavy atom. The fourth-order valence-corrected chi connectivity index (χ4v) is 2.33. The zero-order valence-corrected chi connectivity index (χ0v) is 10.9. The number of carboxylic acids is 1. The summed E-state index contributed by atoms with van der Waals surface area (Å²) in [4.78, 5) is 10.8. The van der Waals surface area contributed by atoms with Crippen molar-refractivity contribution in [3.8, 4) is 11.8 Å². The number of aromatic carboxylic acids is 1. The summed E-state index contributed by atoms with van der Waals surface area (Å²) in [5.74, 6) is 5.07. The third kappa shape index (κ3) is 3.84. The minimum atomic E-state index is -0.967. The monoisotopic (exact) mass is 258 g/mol. The summed E-state index contributed by atoms with van der Waals surface area (Å²) in [6, 6.07) is 6.64. The third-order valence-corrected chi connectivity index (χ3v) is 3.41. The molecular weight excluding hydrogens is 240 g/mol. The lowest BCUT2D eigenvalue weighted by Gasteiger charge is -2.23. The van der Waals surface area contributed by atoms with Crippen molar-refractivity contribution < 1.29 is 15.0 Å². The number of carbonyl (C=O) groups is 1. The van der Waals surface area contributed by atoms with Gasteiger partial charge in [-0.2, -0.15) is 0 Å². The van der Waals surface area contributed by atoms with Crippen LogP contribution in [-0.2, 0) is 6.42 Å². The molecule has 1 aliphatic carbocycles. The molecule has 0 spiro atoms. The van der Waals surface area contributed by atoms with Crippen LogP contribution in [0.5, 0.6) is 0 Å². The smallest absolute Gasteiger partial charge is 0.335 e. The second kappa shape index (κ2) is 5.90. The van der Waals surface area contributed by atoms with E-state index in [1.165, 1.54) is 0 Å². The topological polar surface area (TPSA) is 57.5 Å². The van der Waals surface area contributed by atoms with Crippen molar-refractivity contribution in [1.29, 1.82) is 0 Å². The minimum absolute atomic E-state index is 0.263. The Hall–Kier alpha value is -1.79. The quantitative estimate of drug-likeness (QED) is 0.819. The molecule has 0 aliphatic heterocycles. The lowest BCUT2D eigenvalue weighted by atomic mass is 9.88. The van der Waals surface area contributed by atoms with Gasteiger partial charge in [-0.3, -0.25) is 0 Å². The molecular formula is C16H18O3. The average Bonchev–Trinajstić information content (AvgIpc) is 2.35. The van der Waals surface area contributed by atoms with Gasteiger partial charge < -0.3 is 10.2 Å². The normalized spacial score (nSPS) is 22.8. The molecule has 2 rings (SSSR count). The number of hydrogen-bond acceptors (Lipinski definition) is 2. The summed E-state index contributed by atoms with van der Waals surface area (Å²) < 4.78 is 0. The van der Waals surface area contributed by atoms with Gasteiger partial charge >= 0.3 is 5.97 Å². The zero-order valence-electron chi connectivity index (χ0n) is 10.9. The van der Waals surface area contributed by atoms with E-state index in [4.69, 9.17) is 5.11 Å². The number of hydrogen-bond donors (Lipinski definition) is 2. The lowest BCUT2D eigenvalue weighted by molar-refractivity contribution is 0.0697. The molecule has 1 atom stereocenters. The maximum atomic E-state index is 10.8. The summed E-state index contributed by atoms with van der Waals surface area (Å²) in [7, 11) is 0. The number of carboxylic acid groups (broad SMARTS) is 1. The van der Waals surface area contributed by atoms with Gasteiger partial charge in [0.1, 0.15) is 5.60 Å². The molecule has 0 heterocycles. The summed E-state index contributed by atoms with van der Waals surface area (Å²) in [6.07, 6.45) is 5.19. The molecule has 0 aromatic heterocycles. The molecule has 0 fully saturated rings. The van der Waals surface area contributed by atoms with Gasteiger partial charge in [0.15, 0.2) is 0 Å². The summed E-state index contributed by atoms with van der Waals surface area (Å²) in [5.41, 5.74) is 0.215. The van der Waals surface area contributed by atoms with Gasteiger partial charge in [0.2, 0.25) is 0 Å². The molecule has 1 aromatic rings. The van der Waals surface area contributed by atoms with Crippen LogP contribution in [-0.4, -0.2) is 21.8 Å². The molecule has 1 aliphatic rings. The van der Waals surface area contributed by atoms with E-state index in [-0.39, 0.29) is 5.56 Å². The standard InChI is InChI=1S/C16H18O3/c17-15(18)14-8-6-13(7-9-14)12-16(19)10-4-2-1-3-5-11-16/h6-9,19H,1-4,10,12H2,(H,17,18). The van der Waals surface area contributed by atoms with Crippen molar-refractivity contribution in [3.05, 3.63) is 35.4 Å². The first-order chi connectivity index (χ1) is 9.09. The first-order valence-corrected chi connectivity index (χ1v) is 6.64. The fraction of sp³-hybridized carbons (Fsp3) is 0.438. The highest BCUT2D eigenvalue weighted by atomic mass is 16.4. The van der Waals surface area contributed by atoms with Crippen LogP contribution in [0.15, 0.2) is 24.3 Å². The Morgan fingerprint density at radius 2 is 1.95 bits per heavy atom. The summed E-state index contributed by atoms with van der Waals surface area (Å²) >= 11 is 0. The van der Waals surface area contributed by atoms with E-state index in [9.17, 15) is 9.90 Å².